The smallest absolute Gasteiger partial charge is 0.291 e. The highest BCUT2D eigenvalue weighted by Gasteiger charge is 1.94. The molecule has 0 amide bonds. The molecule has 0 radical (unpaired) electrons. The maximum atomic E-state index is 8.36. The zero-order valence-corrected chi connectivity index (χ0v) is 7.70. The molecule has 0 aliphatic carbocycles. The second kappa shape index (κ2) is 5.38. The summed E-state index contributed by atoms with van der Waals surface area (Å²) < 4.78 is 0. The number of nitrogens with one attached hydrogen (secondary N) is 1. The fourth-order valence-electron chi connectivity index (χ4n) is 1.03. The summed E-state index contributed by atoms with van der Waals surface area (Å²) in [7, 11) is 0. The highest BCUT2D eigenvalue weighted by molar-refractivity contribution is 5.57. The molecule has 0 fully saturated rings. The van der Waals surface area contributed by atoms with Crippen LogP contribution in [0, 0.1) is 10.1 Å². The highest BCUT2D eigenvalue weighted by Crippen LogP contribution is 2.13. The maximum Gasteiger partial charge on any atom is 0.291 e. The van der Waals surface area contributed by atoms with E-state index in [1.54, 1.807) is 6.33 Å². The lowest BCUT2D eigenvalue weighted by Gasteiger charge is -1.93. The minimum atomic E-state index is -1.50. The predicted molar refractivity (Wildman–Crippen MR) is 52.8 cm³/mol. The van der Waals surface area contributed by atoms with Crippen molar-refractivity contribution >= 4 is 0 Å². The van der Waals surface area contributed by atoms with E-state index in [0.29, 0.717) is 0 Å². The maximum absolute atomic E-state index is 8.36. The molecule has 0 bridgehead atoms. The molecule has 15 heavy (non-hydrogen) atoms. The summed E-state index contributed by atoms with van der Waals surface area (Å²) in [5.41, 5.74) is 2.23. The standard InChI is InChI=1S/C9H8N2.HNO3/c1-2-4-8(5-3-1)9-6-10-7-11-9;2-1(3)4/h1-7H,(H,10,11);(H,2,3,4). The highest BCUT2D eigenvalue weighted by atomic mass is 16.9. The summed E-state index contributed by atoms with van der Waals surface area (Å²) in [6.45, 7) is 0. The first-order chi connectivity index (χ1) is 7.20. The van der Waals surface area contributed by atoms with Crippen LogP contribution in [0.4, 0.5) is 0 Å². The largest absolute Gasteiger partial charge is 0.345 e. The van der Waals surface area contributed by atoms with E-state index in [-0.39, 0.29) is 0 Å². The molecular weight excluding hydrogens is 198 g/mol. The monoisotopic (exact) mass is 207 g/mol. The second-order valence-corrected chi connectivity index (χ2v) is 2.57. The molecule has 1 aromatic heterocycles. The Kier molecular flexibility index (Phi) is 3.84. The first-order valence-corrected chi connectivity index (χ1v) is 4.07. The normalized spacial score (nSPS) is 8.80. The molecule has 0 atom stereocenters. The van der Waals surface area contributed by atoms with Gasteiger partial charge in [-0.1, -0.05) is 30.3 Å². The lowest BCUT2D eigenvalue weighted by molar-refractivity contribution is -0.742. The number of hydrogen-bond donors (Lipinski definition) is 2. The van der Waals surface area contributed by atoms with Gasteiger partial charge >= 0.3 is 0 Å². The van der Waals surface area contributed by atoms with Gasteiger partial charge in [0.05, 0.1) is 18.2 Å². The van der Waals surface area contributed by atoms with Crippen molar-refractivity contribution in [2.45, 2.75) is 0 Å². The van der Waals surface area contributed by atoms with Gasteiger partial charge < -0.3 is 10.2 Å². The number of imidazole rings is 1. The zero-order chi connectivity index (χ0) is 11.1. The van der Waals surface area contributed by atoms with Crippen LogP contribution in [0.3, 0.4) is 0 Å². The van der Waals surface area contributed by atoms with Crippen LogP contribution in [-0.4, -0.2) is 20.3 Å². The average molecular weight is 207 g/mol. The molecule has 1 heterocycles. The predicted octanol–water partition coefficient (Wildman–Crippen LogP) is 1.73. The van der Waals surface area contributed by atoms with E-state index in [1.807, 2.05) is 36.5 Å². The Morgan fingerprint density at radius 2 is 1.93 bits per heavy atom. The number of rotatable bonds is 1. The Morgan fingerprint density at radius 3 is 2.40 bits per heavy atom. The third-order valence-corrected chi connectivity index (χ3v) is 1.58. The number of H-pyrrole nitrogens is 1. The number of aromatic amines is 1. The van der Waals surface area contributed by atoms with Crippen LogP contribution in [0.5, 0.6) is 0 Å². The van der Waals surface area contributed by atoms with Gasteiger partial charge in [0.15, 0.2) is 0 Å². The summed E-state index contributed by atoms with van der Waals surface area (Å²) in [4.78, 5) is 15.3. The van der Waals surface area contributed by atoms with E-state index >= 15 is 0 Å². The molecule has 0 aliphatic heterocycles. The Labute approximate surface area is 85.3 Å². The molecule has 0 aliphatic rings. The first-order valence-electron chi connectivity index (χ1n) is 4.07. The summed E-state index contributed by atoms with van der Waals surface area (Å²) in [6.07, 6.45) is 3.50. The van der Waals surface area contributed by atoms with Gasteiger partial charge in [0.1, 0.15) is 0 Å². The molecule has 2 rings (SSSR count). The van der Waals surface area contributed by atoms with Crippen LogP contribution in [0.15, 0.2) is 42.9 Å². The third-order valence-electron chi connectivity index (χ3n) is 1.58. The second-order valence-electron chi connectivity index (χ2n) is 2.57. The van der Waals surface area contributed by atoms with Crippen LogP contribution >= 0.6 is 0 Å². The molecule has 0 spiro atoms. The van der Waals surface area contributed by atoms with E-state index in [9.17, 15) is 0 Å². The van der Waals surface area contributed by atoms with Gasteiger partial charge in [-0.15, -0.1) is 10.1 Å². The molecular formula is C9H9N3O3. The third kappa shape index (κ3) is 3.90. The summed E-state index contributed by atoms with van der Waals surface area (Å²) >= 11 is 0. The number of hydrogen-bond acceptors (Lipinski definition) is 3. The fraction of sp³-hybridized carbons (Fsp3) is 0. The molecule has 0 saturated heterocycles. The average Bonchev–Trinajstić information content (AvgIpc) is 2.71. The van der Waals surface area contributed by atoms with Gasteiger partial charge in [-0.3, -0.25) is 0 Å². The van der Waals surface area contributed by atoms with E-state index < -0.39 is 5.09 Å². The minimum Gasteiger partial charge on any atom is -0.345 e. The van der Waals surface area contributed by atoms with Crippen LogP contribution in [0.25, 0.3) is 11.3 Å². The number of benzene rings is 1. The molecule has 1 aromatic carbocycles. The zero-order valence-electron chi connectivity index (χ0n) is 7.70. The lowest BCUT2D eigenvalue weighted by atomic mass is 10.2. The summed E-state index contributed by atoms with van der Waals surface area (Å²) in [5.74, 6) is 0. The summed E-state index contributed by atoms with van der Waals surface area (Å²) in [5, 5.41) is 13.6. The Balaban J connectivity index is 0.000000245. The topological polar surface area (TPSA) is 92.1 Å². The molecule has 6 heteroatoms. The van der Waals surface area contributed by atoms with Gasteiger partial charge in [-0.2, -0.15) is 0 Å². The number of aromatic nitrogens is 2. The van der Waals surface area contributed by atoms with E-state index in [2.05, 4.69) is 9.97 Å². The number of nitrogens with zero attached hydrogens (tertiary/aromatic N) is 2. The van der Waals surface area contributed by atoms with Crippen molar-refractivity contribution < 1.29 is 10.3 Å². The van der Waals surface area contributed by atoms with Crippen molar-refractivity contribution in [2.24, 2.45) is 0 Å². The van der Waals surface area contributed by atoms with Crippen molar-refractivity contribution in [3.63, 3.8) is 0 Å². The molecule has 0 saturated carbocycles. The van der Waals surface area contributed by atoms with E-state index in [0.717, 1.165) is 5.69 Å². The summed E-state index contributed by atoms with van der Waals surface area (Å²) in [6, 6.07) is 10.1. The van der Waals surface area contributed by atoms with Gasteiger partial charge in [-0.25, -0.2) is 4.98 Å². The van der Waals surface area contributed by atoms with Crippen molar-refractivity contribution in [1.29, 1.82) is 0 Å². The van der Waals surface area contributed by atoms with Gasteiger partial charge in [-0.05, 0) is 5.56 Å². The van der Waals surface area contributed by atoms with Crippen molar-refractivity contribution in [1.82, 2.24) is 9.97 Å². The van der Waals surface area contributed by atoms with Crippen LogP contribution in [0.1, 0.15) is 0 Å². The Hall–Kier alpha value is -2.37. The first kappa shape index (κ1) is 10.7. The van der Waals surface area contributed by atoms with Crippen LogP contribution < -0.4 is 0 Å². The van der Waals surface area contributed by atoms with Gasteiger partial charge in [0.25, 0.3) is 5.09 Å². The SMILES string of the molecule is O=[N+]([O-])O.c1ccc(-c2cnc[nH]2)cc1. The van der Waals surface area contributed by atoms with Crippen molar-refractivity contribution in [2.75, 3.05) is 0 Å². The Bertz CT molecular complexity index is 396. The fourth-order valence-corrected chi connectivity index (χ4v) is 1.03. The molecule has 0 unspecified atom stereocenters. The quantitative estimate of drug-likeness (QED) is 0.550. The molecule has 2 aromatic rings. The molecule has 2 N–H and O–H groups in total. The lowest BCUT2D eigenvalue weighted by Crippen LogP contribution is -1.81. The van der Waals surface area contributed by atoms with Gasteiger partial charge in [0, 0.05) is 0 Å². The Morgan fingerprint density at radius 1 is 1.33 bits per heavy atom. The molecule has 6 nitrogen and oxygen atoms in total. The van der Waals surface area contributed by atoms with Crippen molar-refractivity contribution in [3.8, 4) is 11.3 Å². The van der Waals surface area contributed by atoms with Crippen LogP contribution in [-0.2, 0) is 0 Å². The van der Waals surface area contributed by atoms with E-state index in [1.165, 1.54) is 5.56 Å². The van der Waals surface area contributed by atoms with Crippen LogP contribution in [0.2, 0.25) is 0 Å². The minimum absolute atomic E-state index is 1.06. The van der Waals surface area contributed by atoms with Gasteiger partial charge in [0.2, 0.25) is 0 Å². The van der Waals surface area contributed by atoms with Crippen molar-refractivity contribution in [3.05, 3.63) is 53.0 Å². The molecule has 78 valence electrons. The van der Waals surface area contributed by atoms with E-state index in [4.69, 9.17) is 15.3 Å².